The Labute approximate surface area is 101 Å². The summed E-state index contributed by atoms with van der Waals surface area (Å²) in [7, 11) is 1.99. The van der Waals surface area contributed by atoms with Gasteiger partial charge in [0.15, 0.2) is 0 Å². The van der Waals surface area contributed by atoms with Gasteiger partial charge >= 0.3 is 0 Å². The van der Waals surface area contributed by atoms with Crippen molar-refractivity contribution in [2.75, 3.05) is 6.61 Å². The molecule has 0 fully saturated rings. The summed E-state index contributed by atoms with van der Waals surface area (Å²) in [4.78, 5) is 4.18. The van der Waals surface area contributed by atoms with Crippen LogP contribution >= 0.6 is 0 Å². The van der Waals surface area contributed by atoms with Crippen LogP contribution in [0.15, 0.2) is 18.5 Å². The summed E-state index contributed by atoms with van der Waals surface area (Å²) >= 11 is 0. The Bertz CT molecular complexity index is 519. The van der Waals surface area contributed by atoms with E-state index in [0.717, 1.165) is 16.8 Å². The fourth-order valence-corrected chi connectivity index (χ4v) is 1.60. The van der Waals surface area contributed by atoms with E-state index in [4.69, 9.17) is 4.74 Å². The summed E-state index contributed by atoms with van der Waals surface area (Å²) in [5.41, 5.74) is 2.03. The molecule has 2 heterocycles. The summed E-state index contributed by atoms with van der Waals surface area (Å²) < 4.78 is 7.23. The molecule has 1 N–H and O–H groups in total. The molecule has 0 unspecified atom stereocenters. The fraction of sp³-hybridized carbons (Fsp3) is 0.455. The van der Waals surface area contributed by atoms with Gasteiger partial charge in [0.1, 0.15) is 19.8 Å². The molecule has 0 saturated heterocycles. The highest BCUT2D eigenvalue weighted by molar-refractivity contribution is 6.36. The molecule has 0 aliphatic rings. The van der Waals surface area contributed by atoms with E-state index in [1.165, 1.54) is 6.33 Å². The second-order valence-electron chi connectivity index (χ2n) is 4.81. The molecule has 2 aromatic heterocycles. The average molecular weight is 233 g/mol. The summed E-state index contributed by atoms with van der Waals surface area (Å²) in [6.07, 6.45) is 1.53. The highest BCUT2D eigenvalue weighted by Crippen LogP contribution is 2.06. The van der Waals surface area contributed by atoms with Crippen molar-refractivity contribution in [2.45, 2.75) is 26.1 Å². The second-order valence-corrected chi connectivity index (χ2v) is 4.81. The van der Waals surface area contributed by atoms with E-state index in [2.05, 4.69) is 10.1 Å². The Kier molecular flexibility index (Phi) is 3.17. The van der Waals surface area contributed by atoms with Crippen LogP contribution in [0, 0.1) is 0 Å². The standard InChI is InChI=1S/C11H16BN3O2/c1-11(2,16)6-17-5-8-3-4-9(12)10-13-7-14-15(8)10/h3-4,7,16H,5-6,12H2,1-2H3. The maximum Gasteiger partial charge on any atom is 0.149 e. The number of hydrogen-bond donors (Lipinski definition) is 1. The fourth-order valence-electron chi connectivity index (χ4n) is 1.60. The molecule has 0 aliphatic heterocycles. The number of fused-ring (bicyclic) bond motifs is 1. The van der Waals surface area contributed by atoms with E-state index in [0.29, 0.717) is 6.61 Å². The van der Waals surface area contributed by atoms with Crippen LogP contribution in [0.5, 0.6) is 0 Å². The smallest absolute Gasteiger partial charge is 0.149 e. The molecule has 6 heteroatoms. The quantitative estimate of drug-likeness (QED) is 0.707. The highest BCUT2D eigenvalue weighted by Gasteiger charge is 2.13. The molecule has 0 amide bonds. The van der Waals surface area contributed by atoms with Gasteiger partial charge in [-0.25, -0.2) is 9.50 Å². The normalized spacial score (nSPS) is 12.2. The van der Waals surface area contributed by atoms with Crippen molar-refractivity contribution in [1.82, 2.24) is 14.6 Å². The molecule has 2 rings (SSSR count). The van der Waals surface area contributed by atoms with Crippen LogP contribution in [0.1, 0.15) is 19.5 Å². The molecule has 90 valence electrons. The maximum atomic E-state index is 9.55. The van der Waals surface area contributed by atoms with Crippen LogP contribution in [0.2, 0.25) is 0 Å². The molecule has 0 aromatic carbocycles. The Balaban J connectivity index is 2.14. The predicted octanol–water partition coefficient (Wildman–Crippen LogP) is -0.725. The number of aromatic nitrogens is 3. The molecule has 0 atom stereocenters. The number of nitrogens with zero attached hydrogens (tertiary/aromatic N) is 3. The van der Waals surface area contributed by atoms with Gasteiger partial charge in [0.2, 0.25) is 0 Å². The number of hydrogen-bond acceptors (Lipinski definition) is 4. The Hall–Kier alpha value is -1.40. The lowest BCUT2D eigenvalue weighted by atomic mass is 9.97. The molecular formula is C11H16BN3O2. The zero-order valence-corrected chi connectivity index (χ0v) is 10.3. The Morgan fingerprint density at radius 1 is 1.47 bits per heavy atom. The van der Waals surface area contributed by atoms with Crippen LogP contribution in [0.25, 0.3) is 5.65 Å². The monoisotopic (exact) mass is 233 g/mol. The van der Waals surface area contributed by atoms with Gasteiger partial charge in [0, 0.05) is 0 Å². The van der Waals surface area contributed by atoms with E-state index in [-0.39, 0.29) is 6.61 Å². The molecule has 0 spiro atoms. The zero-order chi connectivity index (χ0) is 12.5. The van der Waals surface area contributed by atoms with Gasteiger partial charge in [0.05, 0.1) is 24.5 Å². The Morgan fingerprint density at radius 3 is 2.94 bits per heavy atom. The molecule has 17 heavy (non-hydrogen) atoms. The summed E-state index contributed by atoms with van der Waals surface area (Å²) in [6, 6.07) is 3.95. The van der Waals surface area contributed by atoms with Crippen LogP contribution in [-0.2, 0) is 11.3 Å². The van der Waals surface area contributed by atoms with E-state index in [1.807, 2.05) is 20.0 Å². The average Bonchev–Trinajstić information content (AvgIpc) is 2.69. The number of pyridine rings is 1. The predicted molar refractivity (Wildman–Crippen MR) is 67.1 cm³/mol. The van der Waals surface area contributed by atoms with E-state index in [1.54, 1.807) is 18.4 Å². The maximum absolute atomic E-state index is 9.55. The zero-order valence-electron chi connectivity index (χ0n) is 10.3. The summed E-state index contributed by atoms with van der Waals surface area (Å²) in [5, 5.41) is 13.7. The minimum Gasteiger partial charge on any atom is -0.388 e. The largest absolute Gasteiger partial charge is 0.388 e. The van der Waals surface area contributed by atoms with E-state index >= 15 is 0 Å². The number of aliphatic hydroxyl groups is 1. The first-order valence-corrected chi connectivity index (χ1v) is 5.56. The molecule has 0 saturated carbocycles. The van der Waals surface area contributed by atoms with Crippen molar-refractivity contribution in [3.63, 3.8) is 0 Å². The number of rotatable bonds is 4. The third-order valence-corrected chi connectivity index (χ3v) is 2.40. The first kappa shape index (κ1) is 12.1. The number of ether oxygens (including phenoxy) is 1. The van der Waals surface area contributed by atoms with Crippen molar-refractivity contribution >= 4 is 19.0 Å². The van der Waals surface area contributed by atoms with Crippen molar-refractivity contribution in [3.8, 4) is 0 Å². The lowest BCUT2D eigenvalue weighted by Crippen LogP contribution is -2.26. The molecule has 0 bridgehead atoms. The van der Waals surface area contributed by atoms with Gasteiger partial charge in [-0.3, -0.25) is 0 Å². The van der Waals surface area contributed by atoms with Gasteiger partial charge < -0.3 is 9.84 Å². The van der Waals surface area contributed by atoms with Crippen molar-refractivity contribution in [1.29, 1.82) is 0 Å². The third-order valence-electron chi connectivity index (χ3n) is 2.40. The lowest BCUT2D eigenvalue weighted by Gasteiger charge is -2.17. The molecule has 0 radical (unpaired) electrons. The molecule has 5 nitrogen and oxygen atoms in total. The summed E-state index contributed by atoms with van der Waals surface area (Å²) in [6.45, 7) is 4.13. The SMILES string of the molecule is Bc1ccc(COCC(C)(C)O)n2ncnc12. The lowest BCUT2D eigenvalue weighted by molar-refractivity contribution is -0.0280. The highest BCUT2D eigenvalue weighted by atomic mass is 16.5. The van der Waals surface area contributed by atoms with Crippen molar-refractivity contribution in [2.24, 2.45) is 0 Å². The van der Waals surface area contributed by atoms with Gasteiger partial charge in [0.25, 0.3) is 0 Å². The van der Waals surface area contributed by atoms with Crippen LogP contribution in [0.3, 0.4) is 0 Å². The van der Waals surface area contributed by atoms with Crippen LogP contribution in [0.4, 0.5) is 0 Å². The van der Waals surface area contributed by atoms with Crippen LogP contribution < -0.4 is 5.46 Å². The molecule has 2 aromatic rings. The van der Waals surface area contributed by atoms with Crippen molar-refractivity contribution < 1.29 is 9.84 Å². The van der Waals surface area contributed by atoms with Gasteiger partial charge in [-0.15, -0.1) is 0 Å². The first-order valence-electron chi connectivity index (χ1n) is 5.56. The van der Waals surface area contributed by atoms with E-state index in [9.17, 15) is 5.11 Å². The van der Waals surface area contributed by atoms with Gasteiger partial charge in [-0.05, 0) is 25.4 Å². The molecular weight excluding hydrogens is 217 g/mol. The minimum absolute atomic E-state index is 0.289. The van der Waals surface area contributed by atoms with Gasteiger partial charge in [-0.1, -0.05) is 6.07 Å². The van der Waals surface area contributed by atoms with Gasteiger partial charge in [-0.2, -0.15) is 5.10 Å². The second kappa shape index (κ2) is 4.47. The topological polar surface area (TPSA) is 59.7 Å². The van der Waals surface area contributed by atoms with Crippen molar-refractivity contribution in [3.05, 3.63) is 24.2 Å². The minimum atomic E-state index is -0.813. The first-order chi connectivity index (χ1) is 7.97. The van der Waals surface area contributed by atoms with E-state index < -0.39 is 5.60 Å². The molecule has 0 aliphatic carbocycles. The Morgan fingerprint density at radius 2 is 2.24 bits per heavy atom. The third kappa shape index (κ3) is 2.84. The summed E-state index contributed by atoms with van der Waals surface area (Å²) in [5.74, 6) is 0. The van der Waals surface area contributed by atoms with Crippen LogP contribution in [-0.4, -0.2) is 39.8 Å².